The van der Waals surface area contributed by atoms with E-state index in [0.717, 1.165) is 23.8 Å². The minimum Gasteiger partial charge on any atom is -0.497 e. The maximum atomic E-state index is 14.2. The number of amides is 1. The van der Waals surface area contributed by atoms with Crippen LogP contribution in [0.4, 0.5) is 17.6 Å². The van der Waals surface area contributed by atoms with E-state index in [1.54, 1.807) is 45.2 Å². The standard InChI is InChI=1S/C24H23F4N3O4/c1-13(2)22(15-6-9-19(17(25)11-15)35-24(26,27)28)31-23(33)18-12-21(32)30-20(29-18)10-14-4-7-16(34-3)8-5-14/h4-9,11-13,22H,10H2,1-3H3,(H,31,33)(H,29,30,32). The molecule has 0 saturated heterocycles. The van der Waals surface area contributed by atoms with Gasteiger partial charge >= 0.3 is 6.36 Å². The summed E-state index contributed by atoms with van der Waals surface area (Å²) < 4.78 is 60.2. The summed E-state index contributed by atoms with van der Waals surface area (Å²) in [6.07, 6.45) is -4.79. The maximum absolute atomic E-state index is 14.2. The van der Waals surface area contributed by atoms with Crippen LogP contribution in [-0.4, -0.2) is 29.3 Å². The normalized spacial score (nSPS) is 12.3. The lowest BCUT2D eigenvalue weighted by atomic mass is 9.95. The van der Waals surface area contributed by atoms with Crippen molar-refractivity contribution < 1.29 is 31.8 Å². The summed E-state index contributed by atoms with van der Waals surface area (Å²) >= 11 is 0. The first-order valence-corrected chi connectivity index (χ1v) is 10.5. The van der Waals surface area contributed by atoms with Gasteiger partial charge in [-0.1, -0.05) is 32.0 Å². The fraction of sp³-hybridized carbons (Fsp3) is 0.292. The van der Waals surface area contributed by atoms with Crippen LogP contribution in [0.5, 0.6) is 11.5 Å². The van der Waals surface area contributed by atoms with Gasteiger partial charge in [-0.25, -0.2) is 9.37 Å². The summed E-state index contributed by atoms with van der Waals surface area (Å²) in [6, 6.07) is 10.3. The van der Waals surface area contributed by atoms with Crippen LogP contribution in [0, 0.1) is 11.7 Å². The number of nitrogens with one attached hydrogen (secondary N) is 2. The zero-order chi connectivity index (χ0) is 25.8. The second-order valence-electron chi connectivity index (χ2n) is 8.03. The quantitative estimate of drug-likeness (QED) is 0.450. The van der Waals surface area contributed by atoms with Crippen molar-refractivity contribution in [3.8, 4) is 11.5 Å². The highest BCUT2D eigenvalue weighted by molar-refractivity contribution is 5.92. The molecule has 3 aromatic rings. The van der Waals surface area contributed by atoms with E-state index in [2.05, 4.69) is 20.0 Å². The van der Waals surface area contributed by atoms with E-state index in [-0.39, 0.29) is 29.4 Å². The molecule has 2 N–H and O–H groups in total. The summed E-state index contributed by atoms with van der Waals surface area (Å²) in [4.78, 5) is 31.9. The number of aromatic nitrogens is 2. The summed E-state index contributed by atoms with van der Waals surface area (Å²) in [7, 11) is 1.54. The van der Waals surface area contributed by atoms with Crippen molar-refractivity contribution in [2.45, 2.75) is 32.7 Å². The number of hydrogen-bond acceptors (Lipinski definition) is 5. The largest absolute Gasteiger partial charge is 0.573 e. The van der Waals surface area contributed by atoms with Crippen molar-refractivity contribution in [2.75, 3.05) is 7.11 Å². The van der Waals surface area contributed by atoms with Crippen LogP contribution in [0.25, 0.3) is 0 Å². The van der Waals surface area contributed by atoms with Crippen molar-refractivity contribution in [2.24, 2.45) is 5.92 Å². The van der Waals surface area contributed by atoms with Gasteiger partial charge in [-0.3, -0.25) is 9.59 Å². The number of H-pyrrole nitrogens is 1. The van der Waals surface area contributed by atoms with Crippen LogP contribution in [0.3, 0.4) is 0 Å². The van der Waals surface area contributed by atoms with Gasteiger partial charge in [0.2, 0.25) is 0 Å². The zero-order valence-electron chi connectivity index (χ0n) is 19.1. The molecule has 0 aliphatic heterocycles. The van der Waals surface area contributed by atoms with E-state index in [1.165, 1.54) is 6.07 Å². The molecular weight excluding hydrogens is 470 g/mol. The Morgan fingerprint density at radius 2 is 1.80 bits per heavy atom. The van der Waals surface area contributed by atoms with Crippen molar-refractivity contribution in [3.63, 3.8) is 0 Å². The van der Waals surface area contributed by atoms with E-state index in [1.807, 2.05) is 0 Å². The number of carbonyl (C=O) groups is 1. The number of nitrogens with zero attached hydrogens (tertiary/aromatic N) is 1. The van der Waals surface area contributed by atoms with Crippen molar-refractivity contribution in [1.29, 1.82) is 0 Å². The van der Waals surface area contributed by atoms with Crippen molar-refractivity contribution in [3.05, 3.63) is 87.3 Å². The van der Waals surface area contributed by atoms with Crippen molar-refractivity contribution >= 4 is 5.91 Å². The van der Waals surface area contributed by atoms with Gasteiger partial charge in [0.1, 0.15) is 17.3 Å². The molecule has 0 spiro atoms. The van der Waals surface area contributed by atoms with E-state index < -0.39 is 35.4 Å². The number of methoxy groups -OCH3 is 1. The number of ether oxygens (including phenoxy) is 2. The Morgan fingerprint density at radius 1 is 1.11 bits per heavy atom. The first kappa shape index (κ1) is 25.7. The number of aromatic amines is 1. The van der Waals surface area contributed by atoms with Gasteiger partial charge in [-0.2, -0.15) is 0 Å². The molecular formula is C24H23F4N3O4. The van der Waals surface area contributed by atoms with Gasteiger partial charge in [0.05, 0.1) is 13.2 Å². The van der Waals surface area contributed by atoms with E-state index in [4.69, 9.17) is 4.74 Å². The molecule has 0 radical (unpaired) electrons. The lowest BCUT2D eigenvalue weighted by Crippen LogP contribution is -2.33. The van der Waals surface area contributed by atoms with Gasteiger partial charge in [0.25, 0.3) is 11.5 Å². The van der Waals surface area contributed by atoms with E-state index in [0.29, 0.717) is 5.75 Å². The Kier molecular flexibility index (Phi) is 7.78. The molecule has 0 aliphatic rings. The molecule has 0 bridgehead atoms. The monoisotopic (exact) mass is 493 g/mol. The third-order valence-electron chi connectivity index (χ3n) is 5.05. The molecule has 0 aliphatic carbocycles. The number of hydrogen-bond donors (Lipinski definition) is 2. The first-order valence-electron chi connectivity index (χ1n) is 10.5. The Hall–Kier alpha value is -3.89. The highest BCUT2D eigenvalue weighted by atomic mass is 19.4. The average Bonchev–Trinajstić information content (AvgIpc) is 2.78. The average molecular weight is 493 g/mol. The molecule has 3 rings (SSSR count). The number of carbonyl (C=O) groups excluding carboxylic acids is 1. The minimum absolute atomic E-state index is 0.152. The lowest BCUT2D eigenvalue weighted by molar-refractivity contribution is -0.275. The SMILES string of the molecule is COc1ccc(Cc2nc(C(=O)NC(c3ccc(OC(F)(F)F)c(F)c3)C(C)C)cc(=O)[nH]2)cc1. The van der Waals surface area contributed by atoms with Crippen LogP contribution in [0.15, 0.2) is 53.3 Å². The van der Waals surface area contributed by atoms with Crippen LogP contribution < -0.4 is 20.3 Å². The van der Waals surface area contributed by atoms with Crippen molar-refractivity contribution in [1.82, 2.24) is 15.3 Å². The summed E-state index contributed by atoms with van der Waals surface area (Å²) in [6.45, 7) is 3.48. The second-order valence-corrected chi connectivity index (χ2v) is 8.03. The molecule has 1 unspecified atom stereocenters. The number of benzene rings is 2. The highest BCUT2D eigenvalue weighted by Crippen LogP contribution is 2.30. The third-order valence-corrected chi connectivity index (χ3v) is 5.05. The predicted molar refractivity (Wildman–Crippen MR) is 119 cm³/mol. The Morgan fingerprint density at radius 3 is 2.37 bits per heavy atom. The van der Waals surface area contributed by atoms with Gasteiger partial charge in [0, 0.05) is 12.5 Å². The van der Waals surface area contributed by atoms with E-state index in [9.17, 15) is 27.2 Å². The molecule has 11 heteroatoms. The molecule has 186 valence electrons. The first-order chi connectivity index (χ1) is 16.4. The summed E-state index contributed by atoms with van der Waals surface area (Å²) in [5.41, 5.74) is 0.363. The number of alkyl halides is 3. The minimum atomic E-state index is -5.04. The molecule has 2 aromatic carbocycles. The van der Waals surface area contributed by atoms with Crippen LogP contribution in [0.1, 0.15) is 47.3 Å². The smallest absolute Gasteiger partial charge is 0.497 e. The third kappa shape index (κ3) is 7.05. The lowest BCUT2D eigenvalue weighted by Gasteiger charge is -2.23. The molecule has 0 saturated carbocycles. The second kappa shape index (κ2) is 10.6. The maximum Gasteiger partial charge on any atom is 0.573 e. The van der Waals surface area contributed by atoms with Gasteiger partial charge in [-0.05, 0) is 41.3 Å². The molecule has 1 heterocycles. The number of halogens is 4. The van der Waals surface area contributed by atoms with Crippen LogP contribution in [0.2, 0.25) is 0 Å². The molecule has 0 fully saturated rings. The van der Waals surface area contributed by atoms with Gasteiger partial charge < -0.3 is 19.8 Å². The molecule has 1 amide bonds. The fourth-order valence-corrected chi connectivity index (χ4v) is 3.41. The van der Waals surface area contributed by atoms with Gasteiger partial charge in [0.15, 0.2) is 11.6 Å². The summed E-state index contributed by atoms with van der Waals surface area (Å²) in [5, 5.41) is 2.68. The Labute approximate surface area is 198 Å². The molecule has 1 aromatic heterocycles. The molecule has 35 heavy (non-hydrogen) atoms. The topological polar surface area (TPSA) is 93.3 Å². The molecule has 7 nitrogen and oxygen atoms in total. The summed E-state index contributed by atoms with van der Waals surface area (Å²) in [5.74, 6) is -2.24. The fourth-order valence-electron chi connectivity index (χ4n) is 3.41. The van der Waals surface area contributed by atoms with Gasteiger partial charge in [-0.15, -0.1) is 13.2 Å². The molecule has 1 atom stereocenters. The van der Waals surface area contributed by atoms with E-state index >= 15 is 0 Å². The predicted octanol–water partition coefficient (Wildman–Crippen LogP) is 4.53. The van der Waals surface area contributed by atoms with Crippen LogP contribution in [-0.2, 0) is 6.42 Å². The Bertz CT molecular complexity index is 1240. The number of rotatable bonds is 8. The Balaban J connectivity index is 1.81. The zero-order valence-corrected chi connectivity index (χ0v) is 19.1. The van der Waals surface area contributed by atoms with Crippen LogP contribution >= 0.6 is 0 Å². The highest BCUT2D eigenvalue weighted by Gasteiger charge is 2.32.